The fraction of sp³-hybridized carbons (Fsp3) is 0.333. The summed E-state index contributed by atoms with van der Waals surface area (Å²) in [4.78, 5) is 0. The highest BCUT2D eigenvalue weighted by atomic mass is 16.6. The van der Waals surface area contributed by atoms with Crippen LogP contribution in [0.3, 0.4) is 0 Å². The molecule has 1 aromatic carbocycles. The van der Waals surface area contributed by atoms with Gasteiger partial charge in [-0.15, -0.1) is 0 Å². The first-order chi connectivity index (χ1) is 5.61. The lowest BCUT2D eigenvalue weighted by Crippen LogP contribution is -2.33. The van der Waals surface area contributed by atoms with Crippen LogP contribution in [0, 0.1) is 0 Å². The highest BCUT2D eigenvalue weighted by Crippen LogP contribution is 2.40. The highest BCUT2D eigenvalue weighted by Gasteiger charge is 2.41. The van der Waals surface area contributed by atoms with E-state index < -0.39 is 11.9 Å². The predicted octanol–water partition coefficient (Wildman–Crippen LogP) is 0.821. The first kappa shape index (κ1) is 7.58. The number of ether oxygens (including phenoxy) is 1. The summed E-state index contributed by atoms with van der Waals surface area (Å²) in [5.74, 6) is -0.932. The Labute approximate surface area is 70.2 Å². The van der Waals surface area contributed by atoms with E-state index >= 15 is 0 Å². The Morgan fingerprint density at radius 3 is 2.75 bits per heavy atom. The van der Waals surface area contributed by atoms with E-state index in [-0.39, 0.29) is 0 Å². The van der Waals surface area contributed by atoms with Crippen LogP contribution in [0.25, 0.3) is 0 Å². The number of benzene rings is 1. The smallest absolute Gasteiger partial charge is 0.235 e. The first-order valence-electron chi connectivity index (χ1n) is 3.79. The van der Waals surface area contributed by atoms with Gasteiger partial charge in [-0.25, -0.2) is 0 Å². The third kappa shape index (κ3) is 0.906. The number of hydrogen-bond donors (Lipinski definition) is 2. The van der Waals surface area contributed by atoms with Gasteiger partial charge in [-0.05, 0) is 6.07 Å². The summed E-state index contributed by atoms with van der Waals surface area (Å²) in [6.07, 6.45) is -0.950. The largest absolute Gasteiger partial charge is 0.459 e. The second-order valence-corrected chi connectivity index (χ2v) is 3.10. The van der Waals surface area contributed by atoms with Crippen LogP contribution in [-0.4, -0.2) is 16.0 Å². The van der Waals surface area contributed by atoms with Gasteiger partial charge in [0.05, 0.1) is 0 Å². The zero-order valence-electron chi connectivity index (χ0n) is 6.69. The molecule has 3 nitrogen and oxygen atoms in total. The molecule has 2 atom stereocenters. The van der Waals surface area contributed by atoms with Crippen molar-refractivity contribution >= 4 is 0 Å². The van der Waals surface area contributed by atoms with Gasteiger partial charge in [-0.1, -0.05) is 18.2 Å². The number of aliphatic hydroxyl groups is 2. The standard InChI is InChI=1S/C9H10O3/c1-9(11)8(10)6-4-2-3-5-7(6)12-9/h2-5,8,10-11H,1H3/t8-,9+/m0/s1. The van der Waals surface area contributed by atoms with Crippen molar-refractivity contribution in [2.45, 2.75) is 18.8 Å². The van der Waals surface area contributed by atoms with Gasteiger partial charge in [-0.2, -0.15) is 0 Å². The van der Waals surface area contributed by atoms with Crippen molar-refractivity contribution in [2.24, 2.45) is 0 Å². The molecule has 1 heterocycles. The topological polar surface area (TPSA) is 49.7 Å². The van der Waals surface area contributed by atoms with E-state index in [0.717, 1.165) is 0 Å². The van der Waals surface area contributed by atoms with E-state index in [1.54, 1.807) is 24.3 Å². The predicted molar refractivity (Wildman–Crippen MR) is 42.7 cm³/mol. The second-order valence-electron chi connectivity index (χ2n) is 3.10. The summed E-state index contributed by atoms with van der Waals surface area (Å²) >= 11 is 0. The van der Waals surface area contributed by atoms with Gasteiger partial charge in [0.15, 0.2) is 0 Å². The molecular weight excluding hydrogens is 156 g/mol. The van der Waals surface area contributed by atoms with E-state index in [1.807, 2.05) is 0 Å². The van der Waals surface area contributed by atoms with Gasteiger partial charge in [0.2, 0.25) is 5.79 Å². The lowest BCUT2D eigenvalue weighted by atomic mass is 10.1. The Morgan fingerprint density at radius 1 is 1.42 bits per heavy atom. The van der Waals surface area contributed by atoms with Crippen LogP contribution in [0.2, 0.25) is 0 Å². The zero-order chi connectivity index (χ0) is 8.77. The molecule has 0 unspecified atom stereocenters. The minimum absolute atomic E-state index is 0.551. The van der Waals surface area contributed by atoms with Gasteiger partial charge in [-0.3, -0.25) is 0 Å². The number of aliphatic hydroxyl groups excluding tert-OH is 1. The molecule has 2 N–H and O–H groups in total. The van der Waals surface area contributed by atoms with Crippen molar-refractivity contribution in [3.63, 3.8) is 0 Å². The molecule has 64 valence electrons. The molecule has 0 saturated heterocycles. The molecule has 0 radical (unpaired) electrons. The lowest BCUT2D eigenvalue weighted by molar-refractivity contribution is -0.175. The maximum atomic E-state index is 9.53. The molecule has 0 fully saturated rings. The summed E-state index contributed by atoms with van der Waals surface area (Å²) < 4.78 is 5.11. The van der Waals surface area contributed by atoms with E-state index in [1.165, 1.54) is 6.92 Å². The monoisotopic (exact) mass is 166 g/mol. The number of hydrogen-bond acceptors (Lipinski definition) is 3. The maximum Gasteiger partial charge on any atom is 0.235 e. The molecule has 1 aliphatic heterocycles. The second kappa shape index (κ2) is 2.21. The Bertz CT molecular complexity index is 306. The van der Waals surface area contributed by atoms with Gasteiger partial charge < -0.3 is 14.9 Å². The van der Waals surface area contributed by atoms with Crippen LogP contribution in [0.5, 0.6) is 5.75 Å². The van der Waals surface area contributed by atoms with Crippen LogP contribution in [0.1, 0.15) is 18.6 Å². The number of para-hydroxylation sites is 1. The molecule has 0 amide bonds. The van der Waals surface area contributed by atoms with Crippen LogP contribution < -0.4 is 4.74 Å². The zero-order valence-corrected chi connectivity index (χ0v) is 6.69. The van der Waals surface area contributed by atoms with Crippen LogP contribution in [0.15, 0.2) is 24.3 Å². The van der Waals surface area contributed by atoms with Gasteiger partial charge >= 0.3 is 0 Å². The van der Waals surface area contributed by atoms with E-state index in [0.29, 0.717) is 11.3 Å². The molecule has 12 heavy (non-hydrogen) atoms. The molecular formula is C9H10O3. The summed E-state index contributed by atoms with van der Waals surface area (Å²) in [6.45, 7) is 1.44. The Balaban J connectivity index is 2.49. The fourth-order valence-electron chi connectivity index (χ4n) is 1.37. The minimum atomic E-state index is -1.48. The molecule has 1 aromatic rings. The molecule has 0 aromatic heterocycles. The minimum Gasteiger partial charge on any atom is -0.459 e. The van der Waals surface area contributed by atoms with Gasteiger partial charge in [0, 0.05) is 12.5 Å². The van der Waals surface area contributed by atoms with Crippen molar-refractivity contribution in [1.29, 1.82) is 0 Å². The average Bonchev–Trinajstić information content (AvgIpc) is 2.24. The van der Waals surface area contributed by atoms with Crippen molar-refractivity contribution in [2.75, 3.05) is 0 Å². The summed E-state index contributed by atoms with van der Waals surface area (Å²) in [7, 11) is 0. The van der Waals surface area contributed by atoms with Crippen molar-refractivity contribution in [3.05, 3.63) is 29.8 Å². The highest BCUT2D eigenvalue weighted by molar-refractivity contribution is 5.40. The van der Waals surface area contributed by atoms with E-state index in [9.17, 15) is 10.2 Å². The van der Waals surface area contributed by atoms with Gasteiger partial charge in [0.25, 0.3) is 0 Å². The van der Waals surface area contributed by atoms with Crippen molar-refractivity contribution in [1.82, 2.24) is 0 Å². The molecule has 2 rings (SSSR count). The quantitative estimate of drug-likeness (QED) is 0.600. The fourth-order valence-corrected chi connectivity index (χ4v) is 1.37. The molecule has 0 spiro atoms. The number of rotatable bonds is 0. The molecule has 0 bridgehead atoms. The number of fused-ring (bicyclic) bond motifs is 1. The summed E-state index contributed by atoms with van der Waals surface area (Å²) in [5, 5.41) is 19.0. The Hall–Kier alpha value is -1.06. The molecule has 0 saturated carbocycles. The average molecular weight is 166 g/mol. The third-order valence-corrected chi connectivity index (χ3v) is 2.04. The molecule has 1 aliphatic rings. The van der Waals surface area contributed by atoms with Crippen molar-refractivity contribution in [3.8, 4) is 5.75 Å². The van der Waals surface area contributed by atoms with E-state index in [2.05, 4.69) is 0 Å². The first-order valence-corrected chi connectivity index (χ1v) is 3.79. The van der Waals surface area contributed by atoms with E-state index in [4.69, 9.17) is 4.74 Å². The van der Waals surface area contributed by atoms with Gasteiger partial charge in [0.1, 0.15) is 11.9 Å². The summed E-state index contributed by atoms with van der Waals surface area (Å²) in [6, 6.07) is 7.06. The lowest BCUT2D eigenvalue weighted by Gasteiger charge is -2.19. The van der Waals surface area contributed by atoms with Crippen molar-refractivity contribution < 1.29 is 14.9 Å². The Kier molecular flexibility index (Phi) is 1.40. The normalized spacial score (nSPS) is 32.8. The third-order valence-electron chi connectivity index (χ3n) is 2.04. The molecule has 0 aliphatic carbocycles. The SMILES string of the molecule is C[C@@]1(O)Oc2ccccc2[C@@H]1O. The van der Waals surface area contributed by atoms with Crippen LogP contribution in [0.4, 0.5) is 0 Å². The molecule has 3 heteroatoms. The van der Waals surface area contributed by atoms with Crippen LogP contribution in [-0.2, 0) is 0 Å². The maximum absolute atomic E-state index is 9.53. The van der Waals surface area contributed by atoms with Crippen LogP contribution >= 0.6 is 0 Å². The summed E-state index contributed by atoms with van der Waals surface area (Å²) in [5.41, 5.74) is 0.641. The Morgan fingerprint density at radius 2 is 2.08 bits per heavy atom.